The smallest absolute Gasteiger partial charge is 0.257 e. The Balaban J connectivity index is 2.20. The van der Waals surface area contributed by atoms with E-state index >= 15 is 0 Å². The van der Waals surface area contributed by atoms with Crippen molar-refractivity contribution in [3.63, 3.8) is 0 Å². The van der Waals surface area contributed by atoms with Gasteiger partial charge < -0.3 is 15.3 Å². The van der Waals surface area contributed by atoms with Gasteiger partial charge in [-0.15, -0.1) is 0 Å². The Morgan fingerprint density at radius 2 is 2.22 bits per heavy atom. The molecule has 1 amide bonds. The van der Waals surface area contributed by atoms with Crippen molar-refractivity contribution in [2.24, 2.45) is 0 Å². The standard InChI is InChI=1S/C12H16FN3O2/c1-14-11-10(6-8(13)7-15-11)12(18)16-4-2-9(17)3-5-16/h6-7,9,17H,2-5H2,1H3,(H,14,15). The van der Waals surface area contributed by atoms with Crippen LogP contribution in [0.2, 0.25) is 0 Å². The van der Waals surface area contributed by atoms with E-state index in [1.54, 1.807) is 11.9 Å². The quantitative estimate of drug-likeness (QED) is 0.820. The molecule has 0 saturated carbocycles. The topological polar surface area (TPSA) is 65.5 Å². The molecule has 1 aliphatic heterocycles. The number of aliphatic hydroxyl groups excluding tert-OH is 1. The van der Waals surface area contributed by atoms with Crippen molar-refractivity contribution < 1.29 is 14.3 Å². The van der Waals surface area contributed by atoms with Gasteiger partial charge in [0.25, 0.3) is 5.91 Å². The molecular formula is C12H16FN3O2. The molecule has 0 aromatic carbocycles. The Morgan fingerprint density at radius 3 is 2.83 bits per heavy atom. The maximum atomic E-state index is 13.2. The lowest BCUT2D eigenvalue weighted by molar-refractivity contribution is 0.0546. The van der Waals surface area contributed by atoms with Crippen LogP contribution in [0.15, 0.2) is 12.3 Å². The van der Waals surface area contributed by atoms with E-state index in [0.29, 0.717) is 31.7 Å². The number of halogens is 1. The molecule has 0 aliphatic carbocycles. The lowest BCUT2D eigenvalue weighted by Crippen LogP contribution is -2.40. The normalized spacial score (nSPS) is 16.7. The molecule has 1 saturated heterocycles. The van der Waals surface area contributed by atoms with Crippen LogP contribution < -0.4 is 5.32 Å². The molecule has 18 heavy (non-hydrogen) atoms. The SMILES string of the molecule is CNc1ncc(F)cc1C(=O)N1CCC(O)CC1. The highest BCUT2D eigenvalue weighted by atomic mass is 19.1. The molecule has 2 rings (SSSR count). The van der Waals surface area contributed by atoms with Crippen LogP contribution in [0, 0.1) is 5.82 Å². The Bertz CT molecular complexity index is 445. The fraction of sp³-hybridized carbons (Fsp3) is 0.500. The second-order valence-electron chi connectivity index (χ2n) is 4.32. The van der Waals surface area contributed by atoms with Gasteiger partial charge in [0, 0.05) is 20.1 Å². The molecular weight excluding hydrogens is 237 g/mol. The maximum Gasteiger partial charge on any atom is 0.257 e. The number of hydrogen-bond donors (Lipinski definition) is 2. The molecule has 1 aromatic rings. The van der Waals surface area contributed by atoms with Crippen molar-refractivity contribution in [2.45, 2.75) is 18.9 Å². The van der Waals surface area contributed by atoms with Gasteiger partial charge in [-0.2, -0.15) is 0 Å². The van der Waals surface area contributed by atoms with E-state index in [9.17, 15) is 14.3 Å². The van der Waals surface area contributed by atoms with Crippen molar-refractivity contribution >= 4 is 11.7 Å². The van der Waals surface area contributed by atoms with Gasteiger partial charge in [-0.05, 0) is 18.9 Å². The van der Waals surface area contributed by atoms with E-state index < -0.39 is 5.82 Å². The summed E-state index contributed by atoms with van der Waals surface area (Å²) in [7, 11) is 1.64. The molecule has 0 radical (unpaired) electrons. The summed E-state index contributed by atoms with van der Waals surface area (Å²) in [4.78, 5) is 17.7. The second-order valence-corrected chi connectivity index (χ2v) is 4.32. The van der Waals surface area contributed by atoms with E-state index in [0.717, 1.165) is 6.20 Å². The predicted molar refractivity (Wildman–Crippen MR) is 64.9 cm³/mol. The lowest BCUT2D eigenvalue weighted by atomic mass is 10.1. The summed E-state index contributed by atoms with van der Waals surface area (Å²) < 4.78 is 13.2. The van der Waals surface area contributed by atoms with Crippen LogP contribution in [0.1, 0.15) is 23.2 Å². The summed E-state index contributed by atoms with van der Waals surface area (Å²) in [6, 6.07) is 1.19. The molecule has 98 valence electrons. The molecule has 0 spiro atoms. The van der Waals surface area contributed by atoms with Gasteiger partial charge in [0.05, 0.1) is 17.9 Å². The largest absolute Gasteiger partial charge is 0.393 e. The fourth-order valence-electron chi connectivity index (χ4n) is 2.04. The van der Waals surface area contributed by atoms with Crippen LogP contribution in [0.25, 0.3) is 0 Å². The van der Waals surface area contributed by atoms with Crippen molar-refractivity contribution in [1.29, 1.82) is 0 Å². The third kappa shape index (κ3) is 2.59. The number of aliphatic hydroxyl groups is 1. The van der Waals surface area contributed by atoms with E-state index in [2.05, 4.69) is 10.3 Å². The number of piperidine rings is 1. The third-order valence-corrected chi connectivity index (χ3v) is 3.07. The summed E-state index contributed by atoms with van der Waals surface area (Å²) in [6.07, 6.45) is 1.85. The fourth-order valence-corrected chi connectivity index (χ4v) is 2.04. The van der Waals surface area contributed by atoms with E-state index in [4.69, 9.17) is 0 Å². The van der Waals surface area contributed by atoms with Gasteiger partial charge in [0.1, 0.15) is 11.6 Å². The van der Waals surface area contributed by atoms with Gasteiger partial charge in [-0.25, -0.2) is 9.37 Å². The van der Waals surface area contributed by atoms with Gasteiger partial charge >= 0.3 is 0 Å². The van der Waals surface area contributed by atoms with Crippen molar-refractivity contribution in [3.05, 3.63) is 23.6 Å². The van der Waals surface area contributed by atoms with Crippen LogP contribution in [-0.2, 0) is 0 Å². The monoisotopic (exact) mass is 253 g/mol. The first-order valence-electron chi connectivity index (χ1n) is 5.92. The van der Waals surface area contributed by atoms with Crippen molar-refractivity contribution in [2.75, 3.05) is 25.5 Å². The number of likely N-dealkylation sites (tertiary alicyclic amines) is 1. The summed E-state index contributed by atoms with van der Waals surface area (Å²) in [6.45, 7) is 0.972. The van der Waals surface area contributed by atoms with Gasteiger partial charge in [-0.3, -0.25) is 4.79 Å². The Kier molecular flexibility index (Phi) is 3.76. The molecule has 0 bridgehead atoms. The minimum Gasteiger partial charge on any atom is -0.393 e. The number of nitrogens with zero attached hydrogens (tertiary/aromatic N) is 2. The number of nitrogens with one attached hydrogen (secondary N) is 1. The number of hydrogen-bond acceptors (Lipinski definition) is 4. The Morgan fingerprint density at radius 1 is 1.56 bits per heavy atom. The van der Waals surface area contributed by atoms with Crippen LogP contribution >= 0.6 is 0 Å². The molecule has 2 heterocycles. The van der Waals surface area contributed by atoms with Gasteiger partial charge in [0.15, 0.2) is 0 Å². The zero-order chi connectivity index (χ0) is 13.1. The molecule has 2 N–H and O–H groups in total. The van der Waals surface area contributed by atoms with Crippen molar-refractivity contribution in [1.82, 2.24) is 9.88 Å². The first kappa shape index (κ1) is 12.8. The van der Waals surface area contributed by atoms with Gasteiger partial charge in [-0.1, -0.05) is 0 Å². The number of carbonyl (C=O) groups is 1. The molecule has 5 nitrogen and oxygen atoms in total. The number of aromatic nitrogens is 1. The molecule has 1 aromatic heterocycles. The number of amides is 1. The number of carbonyl (C=O) groups excluding carboxylic acids is 1. The summed E-state index contributed by atoms with van der Waals surface area (Å²) in [5.74, 6) is -0.417. The van der Waals surface area contributed by atoms with Crippen molar-refractivity contribution in [3.8, 4) is 0 Å². The molecule has 0 atom stereocenters. The minimum absolute atomic E-state index is 0.230. The molecule has 1 aliphatic rings. The van der Waals surface area contributed by atoms with Crippen LogP contribution in [-0.4, -0.2) is 47.1 Å². The average Bonchev–Trinajstić information content (AvgIpc) is 2.39. The maximum absolute atomic E-state index is 13.2. The first-order chi connectivity index (χ1) is 8.61. The predicted octanol–water partition coefficient (Wildman–Crippen LogP) is 0.859. The summed E-state index contributed by atoms with van der Waals surface area (Å²) >= 11 is 0. The number of rotatable bonds is 2. The van der Waals surface area contributed by atoms with E-state index in [-0.39, 0.29) is 17.6 Å². The number of pyridine rings is 1. The Hall–Kier alpha value is -1.69. The van der Waals surface area contributed by atoms with Crippen LogP contribution in [0.4, 0.5) is 10.2 Å². The molecule has 6 heteroatoms. The average molecular weight is 253 g/mol. The van der Waals surface area contributed by atoms with E-state index in [1.165, 1.54) is 6.07 Å². The van der Waals surface area contributed by atoms with Crippen LogP contribution in [0.3, 0.4) is 0 Å². The highest BCUT2D eigenvalue weighted by Crippen LogP contribution is 2.18. The Labute approximate surface area is 105 Å². The van der Waals surface area contributed by atoms with E-state index in [1.807, 2.05) is 0 Å². The summed E-state index contributed by atoms with van der Waals surface area (Å²) in [5, 5.41) is 12.2. The lowest BCUT2D eigenvalue weighted by Gasteiger charge is -2.30. The summed E-state index contributed by atoms with van der Waals surface area (Å²) in [5.41, 5.74) is 0.230. The second kappa shape index (κ2) is 5.30. The molecule has 0 unspecified atom stereocenters. The highest BCUT2D eigenvalue weighted by molar-refractivity contribution is 5.98. The van der Waals surface area contributed by atoms with Crippen LogP contribution in [0.5, 0.6) is 0 Å². The highest BCUT2D eigenvalue weighted by Gasteiger charge is 2.24. The third-order valence-electron chi connectivity index (χ3n) is 3.07. The number of anilines is 1. The minimum atomic E-state index is -0.533. The molecule has 1 fully saturated rings. The first-order valence-corrected chi connectivity index (χ1v) is 5.92. The van der Waals surface area contributed by atoms with Gasteiger partial charge in [0.2, 0.25) is 0 Å². The zero-order valence-corrected chi connectivity index (χ0v) is 10.2. The zero-order valence-electron chi connectivity index (χ0n) is 10.2.